The second-order valence-corrected chi connectivity index (χ2v) is 10.9. The van der Waals surface area contributed by atoms with Crippen molar-refractivity contribution in [3.8, 4) is 5.88 Å². The quantitative estimate of drug-likeness (QED) is 0.543. The molecular weight excluding hydrogens is 496 g/mol. The number of hydrogen-bond acceptors (Lipinski definition) is 6. The van der Waals surface area contributed by atoms with Gasteiger partial charge in [0.15, 0.2) is 0 Å². The molecule has 2 aromatic rings. The maximum Gasteiger partial charge on any atom is 0.326 e. The number of benzene rings is 1. The number of carboxylic acids is 1. The van der Waals surface area contributed by atoms with Crippen LogP contribution in [0.25, 0.3) is 10.9 Å². The molecule has 2 amide bonds. The molecule has 0 bridgehead atoms. The van der Waals surface area contributed by atoms with Crippen molar-refractivity contribution in [1.29, 1.82) is 0 Å². The van der Waals surface area contributed by atoms with Crippen LogP contribution in [0.4, 0.5) is 0 Å². The number of nitrogens with one attached hydrogen (secondary N) is 1. The summed E-state index contributed by atoms with van der Waals surface area (Å²) in [6.45, 7) is 3.63. The lowest BCUT2D eigenvalue weighted by molar-refractivity contribution is -0.144. The molecule has 1 aromatic heterocycles. The zero-order valence-electron chi connectivity index (χ0n) is 23.1. The zero-order valence-corrected chi connectivity index (χ0v) is 23.1. The molecule has 4 rings (SSSR count). The van der Waals surface area contributed by atoms with Crippen LogP contribution in [0.1, 0.15) is 51.0 Å². The Morgan fingerprint density at radius 1 is 1.23 bits per heavy atom. The molecule has 9 heteroatoms. The standard InChI is InChI=1S/C30H40N4O5/c1-20-11-7-5-4-6-8-14-27(35)34-18-21(15-25(34)29(36)32-28(20)30(37)38)17-33(2)19-22-16-26(39-3)31-24-13-10-9-12-23(22)24/h7,9-13,16,20-21,25,28H,4-6,8,14-15,17-19H2,1-3H3,(H,32,36)(H,37,38)/b11-7-/t20?,21-,25-,28?/m0/s1. The lowest BCUT2D eigenvalue weighted by Crippen LogP contribution is -2.52. The van der Waals surface area contributed by atoms with Gasteiger partial charge in [0.25, 0.3) is 0 Å². The normalized spacial score (nSPS) is 25.7. The highest BCUT2D eigenvalue weighted by molar-refractivity contribution is 5.91. The van der Waals surface area contributed by atoms with Crippen molar-refractivity contribution in [1.82, 2.24) is 20.1 Å². The van der Waals surface area contributed by atoms with Crippen LogP contribution >= 0.6 is 0 Å². The molecule has 1 saturated heterocycles. The smallest absolute Gasteiger partial charge is 0.326 e. The Kier molecular flexibility index (Phi) is 9.56. The topological polar surface area (TPSA) is 112 Å². The van der Waals surface area contributed by atoms with Crippen LogP contribution in [0.2, 0.25) is 0 Å². The molecule has 0 aliphatic carbocycles. The molecule has 1 aromatic carbocycles. The Labute approximate surface area is 230 Å². The Hall–Kier alpha value is -3.46. The summed E-state index contributed by atoms with van der Waals surface area (Å²) < 4.78 is 5.41. The fourth-order valence-corrected chi connectivity index (χ4v) is 5.78. The summed E-state index contributed by atoms with van der Waals surface area (Å²) in [7, 11) is 3.64. The lowest BCUT2D eigenvalue weighted by Gasteiger charge is -2.27. The maximum absolute atomic E-state index is 13.4. The van der Waals surface area contributed by atoms with E-state index in [0.29, 0.717) is 38.4 Å². The van der Waals surface area contributed by atoms with E-state index >= 15 is 0 Å². The number of amides is 2. The number of carbonyl (C=O) groups excluding carboxylic acids is 2. The van der Waals surface area contributed by atoms with Crippen molar-refractivity contribution in [2.75, 3.05) is 27.2 Å². The van der Waals surface area contributed by atoms with Gasteiger partial charge in [-0.3, -0.25) is 9.59 Å². The number of ether oxygens (including phenoxy) is 1. The summed E-state index contributed by atoms with van der Waals surface area (Å²) in [4.78, 5) is 47.0. The second-order valence-electron chi connectivity index (χ2n) is 10.9. The highest BCUT2D eigenvalue weighted by atomic mass is 16.5. The van der Waals surface area contributed by atoms with Gasteiger partial charge in [0.05, 0.1) is 12.6 Å². The summed E-state index contributed by atoms with van der Waals surface area (Å²) in [6.07, 6.45) is 8.24. The first-order valence-corrected chi connectivity index (χ1v) is 13.9. The van der Waals surface area contributed by atoms with Gasteiger partial charge < -0.3 is 25.0 Å². The van der Waals surface area contributed by atoms with Crippen LogP contribution in [0.3, 0.4) is 0 Å². The molecule has 210 valence electrons. The molecule has 1 fully saturated rings. The number of pyridine rings is 1. The van der Waals surface area contributed by atoms with E-state index in [1.165, 1.54) is 0 Å². The number of hydrogen-bond donors (Lipinski definition) is 2. The fourth-order valence-electron chi connectivity index (χ4n) is 5.78. The number of aliphatic carboxylic acids is 1. The van der Waals surface area contributed by atoms with Gasteiger partial charge in [0.2, 0.25) is 17.7 Å². The maximum atomic E-state index is 13.4. The van der Waals surface area contributed by atoms with Crippen LogP contribution in [0.15, 0.2) is 42.5 Å². The summed E-state index contributed by atoms with van der Waals surface area (Å²) >= 11 is 0. The summed E-state index contributed by atoms with van der Waals surface area (Å²) in [5.74, 6) is -1.19. The summed E-state index contributed by atoms with van der Waals surface area (Å²) in [6, 6.07) is 8.21. The van der Waals surface area contributed by atoms with Crippen LogP contribution in [0.5, 0.6) is 5.88 Å². The number of carbonyl (C=O) groups is 3. The average Bonchev–Trinajstić information content (AvgIpc) is 3.33. The van der Waals surface area contributed by atoms with Gasteiger partial charge >= 0.3 is 5.97 Å². The van der Waals surface area contributed by atoms with Gasteiger partial charge in [-0.25, -0.2) is 9.78 Å². The van der Waals surface area contributed by atoms with Crippen LogP contribution < -0.4 is 10.1 Å². The second kappa shape index (κ2) is 13.1. The third-order valence-electron chi connectivity index (χ3n) is 7.80. The molecule has 0 radical (unpaired) electrons. The van der Waals surface area contributed by atoms with E-state index in [1.54, 1.807) is 18.9 Å². The average molecular weight is 537 g/mol. The number of nitrogens with zero attached hydrogens (tertiary/aromatic N) is 3. The Bertz CT molecular complexity index is 1220. The number of methoxy groups -OCH3 is 1. The van der Waals surface area contributed by atoms with Gasteiger partial charge in [-0.1, -0.05) is 43.7 Å². The molecule has 2 aliphatic rings. The molecular formula is C30H40N4O5. The molecule has 4 atom stereocenters. The van der Waals surface area contributed by atoms with Gasteiger partial charge in [-0.05, 0) is 50.3 Å². The SMILES string of the molecule is COc1cc(CN(C)C[C@@H]2C[C@H]3C(=O)NC(C(=O)O)C(C)/C=C\CCCCCC(=O)N3C2)c2ccccc2n1. The molecule has 39 heavy (non-hydrogen) atoms. The van der Waals surface area contributed by atoms with E-state index < -0.39 is 18.1 Å². The van der Waals surface area contributed by atoms with E-state index in [4.69, 9.17) is 4.74 Å². The van der Waals surface area contributed by atoms with E-state index in [-0.39, 0.29) is 23.7 Å². The predicted molar refractivity (Wildman–Crippen MR) is 149 cm³/mol. The minimum Gasteiger partial charge on any atom is -0.481 e. The predicted octanol–water partition coefficient (Wildman–Crippen LogP) is 3.62. The molecule has 2 unspecified atom stereocenters. The minimum absolute atomic E-state index is 0.0299. The minimum atomic E-state index is -1.07. The summed E-state index contributed by atoms with van der Waals surface area (Å²) in [5.41, 5.74) is 1.97. The first-order valence-electron chi connectivity index (χ1n) is 13.9. The number of allylic oxidation sites excluding steroid dienone is 1. The number of para-hydroxylation sites is 1. The van der Waals surface area contributed by atoms with E-state index in [1.807, 2.05) is 49.5 Å². The van der Waals surface area contributed by atoms with E-state index in [2.05, 4.69) is 15.2 Å². The number of carboxylic acid groups (broad SMARTS) is 1. The molecule has 9 nitrogen and oxygen atoms in total. The van der Waals surface area contributed by atoms with E-state index in [9.17, 15) is 19.5 Å². The van der Waals surface area contributed by atoms with Crippen molar-refractivity contribution in [2.24, 2.45) is 11.8 Å². The van der Waals surface area contributed by atoms with Crippen molar-refractivity contribution in [3.63, 3.8) is 0 Å². The van der Waals surface area contributed by atoms with Crippen molar-refractivity contribution < 1.29 is 24.2 Å². The fraction of sp³-hybridized carbons (Fsp3) is 0.533. The van der Waals surface area contributed by atoms with Gasteiger partial charge in [-0.15, -0.1) is 0 Å². The van der Waals surface area contributed by atoms with Gasteiger partial charge in [0.1, 0.15) is 12.1 Å². The van der Waals surface area contributed by atoms with Crippen LogP contribution in [0, 0.1) is 11.8 Å². The van der Waals surface area contributed by atoms with Crippen LogP contribution in [-0.2, 0) is 20.9 Å². The van der Waals surface area contributed by atoms with Gasteiger partial charge in [-0.2, -0.15) is 0 Å². The molecule has 0 spiro atoms. The Morgan fingerprint density at radius 2 is 2.03 bits per heavy atom. The van der Waals surface area contributed by atoms with E-state index in [0.717, 1.165) is 42.1 Å². The third kappa shape index (κ3) is 7.15. The zero-order chi connectivity index (χ0) is 27.9. The monoisotopic (exact) mass is 536 g/mol. The number of fused-ring (bicyclic) bond motifs is 2. The first-order chi connectivity index (χ1) is 18.8. The van der Waals surface area contributed by atoms with Crippen molar-refractivity contribution >= 4 is 28.7 Å². The number of aromatic nitrogens is 1. The van der Waals surface area contributed by atoms with Crippen LogP contribution in [-0.4, -0.2) is 77.0 Å². The molecule has 3 heterocycles. The molecule has 2 N–H and O–H groups in total. The lowest BCUT2D eigenvalue weighted by atomic mass is 9.98. The highest BCUT2D eigenvalue weighted by Crippen LogP contribution is 2.28. The van der Waals surface area contributed by atoms with Crippen molar-refractivity contribution in [3.05, 3.63) is 48.0 Å². The molecule has 2 aliphatic heterocycles. The number of rotatable bonds is 6. The third-order valence-corrected chi connectivity index (χ3v) is 7.80. The first kappa shape index (κ1) is 28.5. The summed E-state index contributed by atoms with van der Waals surface area (Å²) in [5, 5.41) is 13.6. The van der Waals surface area contributed by atoms with Crippen molar-refractivity contribution in [2.45, 2.75) is 64.1 Å². The largest absolute Gasteiger partial charge is 0.481 e. The Balaban J connectivity index is 1.50. The molecule has 0 saturated carbocycles. The highest BCUT2D eigenvalue weighted by Gasteiger charge is 2.41. The van der Waals surface area contributed by atoms with Gasteiger partial charge in [0, 0.05) is 43.4 Å². The Morgan fingerprint density at radius 3 is 2.79 bits per heavy atom.